The lowest BCUT2D eigenvalue weighted by atomic mass is 16.0. The van der Waals surface area contributed by atoms with Gasteiger partial charge in [0.2, 0.25) is 0 Å². The van der Waals surface area contributed by atoms with Crippen LogP contribution >= 0.6 is 68.6 Å². The Morgan fingerprint density at radius 1 is 1.00 bits per heavy atom. The molecule has 0 saturated heterocycles. The summed E-state index contributed by atoms with van der Waals surface area (Å²) in [6, 6.07) is 0. The van der Waals surface area contributed by atoms with E-state index in [1.807, 2.05) is 0 Å². The van der Waals surface area contributed by atoms with E-state index < -0.39 is 4.75 Å². The summed E-state index contributed by atoms with van der Waals surface area (Å²) in [6.45, 7) is 0. The molecular formula is Cl3OPS3. The molecule has 0 rings (SSSR count). The van der Waals surface area contributed by atoms with Gasteiger partial charge in [-0.25, -0.2) is 0 Å². The minimum Gasteiger partial charge on any atom is -0.285 e. The SMILES string of the molecule is O=P(SCl)(SCl)SCl. The van der Waals surface area contributed by atoms with Crippen molar-refractivity contribution in [2.45, 2.75) is 0 Å². The fraction of sp³-hybridized carbons (Fsp3) is 0. The third kappa shape index (κ3) is 3.35. The van der Waals surface area contributed by atoms with Crippen LogP contribution in [0.1, 0.15) is 0 Å². The molecule has 0 heterocycles. The van der Waals surface area contributed by atoms with Gasteiger partial charge in [-0.05, 0) is 32.0 Å². The molecule has 0 fully saturated rings. The summed E-state index contributed by atoms with van der Waals surface area (Å²) in [6.07, 6.45) is 0. The zero-order valence-corrected chi connectivity index (χ0v) is 8.83. The van der Waals surface area contributed by atoms with E-state index in [-0.39, 0.29) is 0 Å². The summed E-state index contributed by atoms with van der Waals surface area (Å²) in [5, 5.41) is 0. The highest BCUT2D eigenvalue weighted by atomic mass is 35.8. The number of rotatable bonds is 3. The van der Waals surface area contributed by atoms with Crippen LogP contribution in [0.15, 0.2) is 0 Å². The van der Waals surface area contributed by atoms with Crippen molar-refractivity contribution in [2.24, 2.45) is 0 Å². The van der Waals surface area contributed by atoms with Crippen molar-refractivity contribution >= 4 is 68.6 Å². The maximum Gasteiger partial charge on any atom is 0.288 e. The van der Waals surface area contributed by atoms with Gasteiger partial charge in [0.15, 0.2) is 0 Å². The van der Waals surface area contributed by atoms with E-state index in [1.165, 1.54) is 0 Å². The van der Waals surface area contributed by atoms with Crippen molar-refractivity contribution in [1.29, 1.82) is 0 Å². The smallest absolute Gasteiger partial charge is 0.285 e. The Hall–Kier alpha value is 2.15. The van der Waals surface area contributed by atoms with Crippen molar-refractivity contribution in [3.05, 3.63) is 0 Å². The molecule has 0 aliphatic heterocycles. The molecule has 0 saturated carbocycles. The van der Waals surface area contributed by atoms with Crippen LogP contribution in [0.4, 0.5) is 0 Å². The Bertz CT molecular complexity index is 85.7. The van der Waals surface area contributed by atoms with Crippen LogP contribution < -0.4 is 0 Å². The van der Waals surface area contributed by atoms with Crippen molar-refractivity contribution in [3.8, 4) is 0 Å². The lowest BCUT2D eigenvalue weighted by Gasteiger charge is -1.99. The van der Waals surface area contributed by atoms with Crippen molar-refractivity contribution in [3.63, 3.8) is 0 Å². The van der Waals surface area contributed by atoms with Crippen LogP contribution in [0.5, 0.6) is 0 Å². The molecule has 8 heavy (non-hydrogen) atoms. The third-order valence-electron chi connectivity index (χ3n) is 0.254. The molecule has 0 amide bonds. The van der Waals surface area contributed by atoms with Gasteiger partial charge in [-0.2, -0.15) is 0 Å². The predicted octanol–water partition coefficient (Wildman–Crippen LogP) is 4.76. The van der Waals surface area contributed by atoms with Gasteiger partial charge in [0.1, 0.15) is 0 Å². The van der Waals surface area contributed by atoms with Gasteiger partial charge in [0.05, 0.1) is 0 Å². The number of halogens is 3. The van der Waals surface area contributed by atoms with Crippen molar-refractivity contribution in [1.82, 2.24) is 0 Å². The van der Waals surface area contributed by atoms with E-state index >= 15 is 0 Å². The summed E-state index contributed by atoms with van der Waals surface area (Å²) in [7, 11) is 17.4. The molecule has 0 radical (unpaired) electrons. The van der Waals surface area contributed by atoms with E-state index in [1.54, 1.807) is 0 Å². The third-order valence-corrected chi connectivity index (χ3v) is 16.0. The average Bonchev–Trinajstić information content (AvgIpc) is 1.87. The molecule has 50 valence electrons. The van der Waals surface area contributed by atoms with Crippen LogP contribution in [0, 0.1) is 0 Å². The Balaban J connectivity index is 3.79. The zero-order valence-electron chi connectivity index (χ0n) is 3.21. The fourth-order valence-electron chi connectivity index (χ4n) is 0.0319. The minimum absolute atomic E-state index is 0.662. The number of hydrogen-bond donors (Lipinski definition) is 0. The van der Waals surface area contributed by atoms with Crippen LogP contribution in [0.3, 0.4) is 0 Å². The molecule has 0 atom stereocenters. The van der Waals surface area contributed by atoms with E-state index in [0.717, 1.165) is 0 Å². The summed E-state index contributed by atoms with van der Waals surface area (Å²) >= 11 is 0. The van der Waals surface area contributed by atoms with E-state index in [2.05, 4.69) is 0 Å². The maximum atomic E-state index is 10.8. The van der Waals surface area contributed by atoms with Gasteiger partial charge in [-0.3, -0.25) is 4.57 Å². The summed E-state index contributed by atoms with van der Waals surface area (Å²) < 4.78 is 8.20. The molecule has 0 aromatic rings. The van der Waals surface area contributed by atoms with Crippen molar-refractivity contribution in [2.75, 3.05) is 0 Å². The second kappa shape index (κ2) is 4.89. The van der Waals surface area contributed by atoms with E-state index in [0.29, 0.717) is 31.8 Å². The van der Waals surface area contributed by atoms with Crippen LogP contribution in [-0.2, 0) is 4.57 Å². The maximum absolute atomic E-state index is 10.8. The monoisotopic (exact) mass is 248 g/mol. The fourth-order valence-corrected chi connectivity index (χ4v) is 7.76. The molecule has 0 aliphatic rings. The van der Waals surface area contributed by atoms with Crippen molar-refractivity contribution < 1.29 is 4.57 Å². The lowest BCUT2D eigenvalue weighted by Crippen LogP contribution is -1.41. The molecule has 1 nitrogen and oxygen atoms in total. The van der Waals surface area contributed by atoms with E-state index in [9.17, 15) is 4.57 Å². The highest BCUT2D eigenvalue weighted by Crippen LogP contribution is 2.81. The number of hydrogen-bond acceptors (Lipinski definition) is 4. The quantitative estimate of drug-likeness (QED) is 0.671. The Morgan fingerprint density at radius 3 is 1.25 bits per heavy atom. The Kier molecular flexibility index (Phi) is 6.20. The molecule has 0 N–H and O–H groups in total. The molecular weight excluding hydrogens is 250 g/mol. The standard InChI is InChI=1S/Cl3OPS3/c1-6-5(4,7-2)8-3. The lowest BCUT2D eigenvalue weighted by molar-refractivity contribution is 0.602. The Morgan fingerprint density at radius 2 is 1.25 bits per heavy atom. The highest BCUT2D eigenvalue weighted by molar-refractivity contribution is 9.23. The largest absolute Gasteiger partial charge is 0.288 e. The normalized spacial score (nSPS) is 11.9. The van der Waals surface area contributed by atoms with Gasteiger partial charge in [-0.1, -0.05) is 0 Å². The van der Waals surface area contributed by atoms with Gasteiger partial charge in [0, 0.05) is 31.8 Å². The van der Waals surface area contributed by atoms with E-state index in [4.69, 9.17) is 32.0 Å². The predicted molar refractivity (Wildman–Crippen MR) is 47.9 cm³/mol. The first-order chi connectivity index (χ1) is 3.68. The molecule has 0 unspecified atom stereocenters. The second-order valence-corrected chi connectivity index (χ2v) is 13.6. The zero-order chi connectivity index (χ0) is 6.62. The van der Waals surface area contributed by atoms with Gasteiger partial charge < -0.3 is 0 Å². The Labute approximate surface area is 72.7 Å². The van der Waals surface area contributed by atoms with Gasteiger partial charge in [-0.15, -0.1) is 0 Å². The van der Waals surface area contributed by atoms with Gasteiger partial charge >= 0.3 is 0 Å². The summed E-state index contributed by atoms with van der Waals surface area (Å²) in [4.78, 5) is 0. The first-order valence-electron chi connectivity index (χ1n) is 1.19. The molecule has 0 aromatic heterocycles. The minimum atomic E-state index is -2.62. The average molecular weight is 250 g/mol. The summed E-state index contributed by atoms with van der Waals surface area (Å²) in [5.74, 6) is 0. The molecule has 8 heteroatoms. The highest BCUT2D eigenvalue weighted by Gasteiger charge is 2.22. The molecule has 0 bridgehead atoms. The van der Waals surface area contributed by atoms with Gasteiger partial charge in [0.25, 0.3) is 4.75 Å². The first-order valence-corrected chi connectivity index (χ1v) is 9.64. The molecule has 0 aromatic carbocycles. The van der Waals surface area contributed by atoms with Crippen LogP contribution in [0.25, 0.3) is 0 Å². The molecule has 0 spiro atoms. The second-order valence-electron chi connectivity index (χ2n) is 0.654. The summed E-state index contributed by atoms with van der Waals surface area (Å²) in [5.41, 5.74) is 0. The van der Waals surface area contributed by atoms with Crippen LogP contribution in [-0.4, -0.2) is 0 Å². The van der Waals surface area contributed by atoms with Crippen LogP contribution in [0.2, 0.25) is 0 Å². The topological polar surface area (TPSA) is 17.1 Å². The molecule has 0 aliphatic carbocycles. The first kappa shape index (κ1) is 10.2.